The van der Waals surface area contributed by atoms with Crippen LogP contribution in [0.3, 0.4) is 0 Å². The van der Waals surface area contributed by atoms with Crippen LogP contribution in [-0.2, 0) is 23.9 Å². The maximum absolute atomic E-state index is 12.2. The number of ketones is 1. The Balaban J connectivity index is 1.99. The Kier molecular flexibility index (Phi) is 4.41. The fourth-order valence-electron chi connectivity index (χ4n) is 3.18. The normalized spacial score (nSPS) is 39.1. The largest absolute Gasteiger partial charge is 0.461 e. The highest BCUT2D eigenvalue weighted by atomic mass is 16.6. The summed E-state index contributed by atoms with van der Waals surface area (Å²) in [6, 6.07) is 0. The number of fused-ring (bicyclic) bond motifs is 1. The predicted molar refractivity (Wildman–Crippen MR) is 88.3 cm³/mol. The number of carbonyl (C=O) groups is 3. The number of esters is 2. The summed E-state index contributed by atoms with van der Waals surface area (Å²) in [5, 5.41) is 10.6. The van der Waals surface area contributed by atoms with E-state index in [9.17, 15) is 19.5 Å². The van der Waals surface area contributed by atoms with E-state index in [2.05, 4.69) is 6.58 Å². The van der Waals surface area contributed by atoms with Crippen LogP contribution < -0.4 is 0 Å². The van der Waals surface area contributed by atoms with Gasteiger partial charge >= 0.3 is 11.9 Å². The van der Waals surface area contributed by atoms with Crippen LogP contribution in [0.1, 0.15) is 33.1 Å². The minimum atomic E-state index is -1.38. The Morgan fingerprint density at radius 3 is 2.72 bits per heavy atom. The molecule has 0 aromatic carbocycles. The van der Waals surface area contributed by atoms with Crippen molar-refractivity contribution in [3.05, 3.63) is 36.0 Å². The molecule has 3 aliphatic rings. The highest BCUT2D eigenvalue weighted by molar-refractivity contribution is 6.03. The van der Waals surface area contributed by atoms with Gasteiger partial charge in [-0.2, -0.15) is 0 Å². The van der Waals surface area contributed by atoms with E-state index in [4.69, 9.17) is 9.47 Å². The molecule has 134 valence electrons. The van der Waals surface area contributed by atoms with Crippen molar-refractivity contribution in [3.8, 4) is 0 Å². The molecule has 0 unspecified atom stereocenters. The number of rotatable bonds is 2. The Bertz CT molecular complexity index is 695. The van der Waals surface area contributed by atoms with Crippen molar-refractivity contribution in [2.45, 2.75) is 50.9 Å². The second kappa shape index (κ2) is 6.26. The third-order valence-corrected chi connectivity index (χ3v) is 4.85. The van der Waals surface area contributed by atoms with Gasteiger partial charge in [0.2, 0.25) is 0 Å². The minimum Gasteiger partial charge on any atom is -0.461 e. The molecular formula is C19H22O6. The number of ether oxygens (including phenoxy) is 2. The fourth-order valence-corrected chi connectivity index (χ4v) is 3.18. The lowest BCUT2D eigenvalue weighted by molar-refractivity contribution is -0.156. The Labute approximate surface area is 146 Å². The van der Waals surface area contributed by atoms with Gasteiger partial charge in [-0.05, 0) is 50.5 Å². The van der Waals surface area contributed by atoms with Gasteiger partial charge in [-0.3, -0.25) is 9.59 Å². The zero-order valence-corrected chi connectivity index (χ0v) is 14.4. The van der Waals surface area contributed by atoms with E-state index in [1.807, 2.05) is 0 Å². The molecule has 4 atom stereocenters. The smallest absolute Gasteiger partial charge is 0.334 e. The average molecular weight is 346 g/mol. The number of aliphatic hydroxyl groups is 1. The first-order valence-electron chi connectivity index (χ1n) is 8.42. The summed E-state index contributed by atoms with van der Waals surface area (Å²) in [7, 11) is 0. The second-order valence-corrected chi connectivity index (χ2v) is 7.28. The molecule has 0 aromatic heterocycles. The van der Waals surface area contributed by atoms with E-state index in [-0.39, 0.29) is 29.7 Å². The van der Waals surface area contributed by atoms with Crippen LogP contribution in [0.5, 0.6) is 0 Å². The number of allylic oxidation sites excluding steroid dienone is 2. The van der Waals surface area contributed by atoms with Crippen LogP contribution in [0, 0.1) is 11.8 Å². The predicted octanol–water partition coefficient (Wildman–Crippen LogP) is 1.63. The summed E-state index contributed by atoms with van der Waals surface area (Å²) in [6.07, 6.45) is 4.35. The van der Waals surface area contributed by atoms with Crippen molar-refractivity contribution >= 4 is 17.7 Å². The second-order valence-electron chi connectivity index (χ2n) is 7.28. The molecular weight excluding hydrogens is 324 g/mol. The fraction of sp³-hybridized carbons (Fsp3) is 0.526. The highest BCUT2D eigenvalue weighted by Crippen LogP contribution is 2.38. The third kappa shape index (κ3) is 3.74. The van der Waals surface area contributed by atoms with Crippen molar-refractivity contribution < 1.29 is 29.0 Å². The van der Waals surface area contributed by atoms with Gasteiger partial charge in [0.1, 0.15) is 12.2 Å². The van der Waals surface area contributed by atoms with Crippen molar-refractivity contribution in [1.29, 1.82) is 0 Å². The zero-order chi connectivity index (χ0) is 18.4. The van der Waals surface area contributed by atoms with Gasteiger partial charge in [-0.15, -0.1) is 0 Å². The van der Waals surface area contributed by atoms with Crippen molar-refractivity contribution in [2.24, 2.45) is 11.8 Å². The van der Waals surface area contributed by atoms with Gasteiger partial charge < -0.3 is 14.6 Å². The lowest BCUT2D eigenvalue weighted by Gasteiger charge is -2.31. The van der Waals surface area contributed by atoms with Crippen LogP contribution in [0.4, 0.5) is 0 Å². The molecule has 0 aromatic rings. The molecule has 1 heterocycles. The molecule has 1 saturated heterocycles. The van der Waals surface area contributed by atoms with Crippen LogP contribution >= 0.6 is 0 Å². The Hall–Kier alpha value is -2.21. The SMILES string of the molecule is C=C1C(=O)O[C@@H]2/C=C(/C)C(=O)/C=C/[C@](C)(O)C[C@@H](OC(=O)C3CC3)[C@@H]12. The van der Waals surface area contributed by atoms with Gasteiger partial charge in [0.05, 0.1) is 17.4 Å². The summed E-state index contributed by atoms with van der Waals surface area (Å²) >= 11 is 0. The molecule has 1 N–H and O–H groups in total. The monoisotopic (exact) mass is 346 g/mol. The summed E-state index contributed by atoms with van der Waals surface area (Å²) in [4.78, 5) is 36.3. The summed E-state index contributed by atoms with van der Waals surface area (Å²) < 4.78 is 11.0. The van der Waals surface area contributed by atoms with E-state index in [0.29, 0.717) is 5.57 Å². The maximum atomic E-state index is 12.2. The van der Waals surface area contributed by atoms with Gasteiger partial charge in [0.25, 0.3) is 0 Å². The molecule has 2 fully saturated rings. The van der Waals surface area contributed by atoms with E-state index in [0.717, 1.165) is 12.8 Å². The standard InChI is InChI=1S/C19H22O6/c1-10-8-14-16(11(2)17(21)24-14)15(25-18(22)12-4-5-12)9-19(3,23)7-6-13(10)20/h6-8,12,14-16,23H,2,4-5,9H2,1,3H3/b7-6+,10-8-/t14-,15-,16+,19+/m1/s1. The molecule has 1 saturated carbocycles. The molecule has 6 heteroatoms. The molecule has 0 bridgehead atoms. The quantitative estimate of drug-likeness (QED) is 0.604. The number of carbonyl (C=O) groups excluding carboxylic acids is 3. The summed E-state index contributed by atoms with van der Waals surface area (Å²) in [5.41, 5.74) is -0.799. The van der Waals surface area contributed by atoms with Crippen molar-refractivity contribution in [2.75, 3.05) is 0 Å². The summed E-state index contributed by atoms with van der Waals surface area (Å²) in [5.74, 6) is -1.92. The van der Waals surface area contributed by atoms with Crippen LogP contribution in [0.2, 0.25) is 0 Å². The van der Waals surface area contributed by atoms with Crippen LogP contribution in [-0.4, -0.2) is 40.6 Å². The van der Waals surface area contributed by atoms with Gasteiger partial charge in [-0.1, -0.05) is 6.58 Å². The number of hydrogen-bond donors (Lipinski definition) is 1. The minimum absolute atomic E-state index is 0.0406. The molecule has 0 amide bonds. The van der Waals surface area contributed by atoms with E-state index in [1.165, 1.54) is 19.1 Å². The first-order chi connectivity index (χ1) is 11.7. The lowest BCUT2D eigenvalue weighted by atomic mass is 9.82. The first-order valence-corrected chi connectivity index (χ1v) is 8.42. The van der Waals surface area contributed by atoms with E-state index in [1.54, 1.807) is 13.0 Å². The van der Waals surface area contributed by atoms with Gasteiger partial charge in [0.15, 0.2) is 5.78 Å². The zero-order valence-electron chi connectivity index (χ0n) is 14.4. The Morgan fingerprint density at radius 1 is 1.40 bits per heavy atom. The molecule has 0 radical (unpaired) electrons. The van der Waals surface area contributed by atoms with Gasteiger partial charge in [-0.25, -0.2) is 4.79 Å². The van der Waals surface area contributed by atoms with Crippen LogP contribution in [0.25, 0.3) is 0 Å². The molecule has 2 aliphatic carbocycles. The maximum Gasteiger partial charge on any atom is 0.334 e. The number of hydrogen-bond acceptors (Lipinski definition) is 6. The third-order valence-electron chi connectivity index (χ3n) is 4.85. The molecule has 0 spiro atoms. The van der Waals surface area contributed by atoms with E-state index < -0.39 is 29.7 Å². The summed E-state index contributed by atoms with van der Waals surface area (Å²) in [6.45, 7) is 6.92. The first kappa shape index (κ1) is 17.6. The molecule has 25 heavy (non-hydrogen) atoms. The lowest BCUT2D eigenvalue weighted by Crippen LogP contribution is -2.40. The van der Waals surface area contributed by atoms with Gasteiger partial charge in [0, 0.05) is 12.0 Å². The highest BCUT2D eigenvalue weighted by Gasteiger charge is 2.47. The van der Waals surface area contributed by atoms with Crippen LogP contribution in [0.15, 0.2) is 36.0 Å². The Morgan fingerprint density at radius 2 is 2.08 bits per heavy atom. The van der Waals surface area contributed by atoms with Crippen molar-refractivity contribution in [3.63, 3.8) is 0 Å². The van der Waals surface area contributed by atoms with Crippen molar-refractivity contribution in [1.82, 2.24) is 0 Å². The average Bonchev–Trinajstić information content (AvgIpc) is 3.32. The van der Waals surface area contributed by atoms with E-state index >= 15 is 0 Å². The topological polar surface area (TPSA) is 89.9 Å². The molecule has 3 rings (SSSR count). The molecule has 6 nitrogen and oxygen atoms in total. The molecule has 1 aliphatic heterocycles.